The van der Waals surface area contributed by atoms with Crippen LogP contribution in [0.3, 0.4) is 0 Å². The molecule has 0 saturated carbocycles. The number of thiophene rings is 1. The van der Waals surface area contributed by atoms with Crippen molar-refractivity contribution in [3.8, 4) is 0 Å². The molecule has 1 aliphatic rings. The first-order valence-electron chi connectivity index (χ1n) is 7.23. The highest BCUT2D eigenvalue weighted by atomic mass is 32.1. The van der Waals surface area contributed by atoms with Gasteiger partial charge in [-0.05, 0) is 32.3 Å². The van der Waals surface area contributed by atoms with E-state index >= 15 is 0 Å². The Balaban J connectivity index is 1.87. The van der Waals surface area contributed by atoms with Gasteiger partial charge >= 0.3 is 0 Å². The Hall–Kier alpha value is -1.88. The summed E-state index contributed by atoms with van der Waals surface area (Å²) in [7, 11) is 0. The molecule has 5 heteroatoms. The van der Waals surface area contributed by atoms with Crippen molar-refractivity contribution in [2.75, 3.05) is 6.54 Å². The van der Waals surface area contributed by atoms with Crippen LogP contribution in [0, 0.1) is 6.92 Å². The fourth-order valence-corrected chi connectivity index (χ4v) is 3.82. The third-order valence-electron chi connectivity index (χ3n) is 3.84. The number of aryl methyl sites for hydroxylation is 1. The zero-order valence-electron chi connectivity index (χ0n) is 11.9. The Bertz CT molecular complexity index is 693. The van der Waals surface area contributed by atoms with Crippen molar-refractivity contribution >= 4 is 33.2 Å². The van der Waals surface area contributed by atoms with E-state index in [0.29, 0.717) is 18.5 Å². The predicted octanol–water partition coefficient (Wildman–Crippen LogP) is 2.61. The average molecular weight is 302 g/mol. The molecule has 21 heavy (non-hydrogen) atoms. The second-order valence-corrected chi connectivity index (χ2v) is 6.60. The molecule has 1 unspecified atom stereocenters. The maximum Gasteiger partial charge on any atom is 0.253 e. The summed E-state index contributed by atoms with van der Waals surface area (Å²) in [6, 6.07) is 7.46. The summed E-state index contributed by atoms with van der Waals surface area (Å²) in [6.45, 7) is 2.65. The molecule has 1 aliphatic heterocycles. The number of hydrogen-bond acceptors (Lipinski definition) is 3. The summed E-state index contributed by atoms with van der Waals surface area (Å²) >= 11 is 1.61. The van der Waals surface area contributed by atoms with Crippen LogP contribution in [0.25, 0.3) is 10.1 Å². The van der Waals surface area contributed by atoms with Gasteiger partial charge in [0, 0.05) is 21.5 Å². The smallest absolute Gasteiger partial charge is 0.253 e. The molecule has 110 valence electrons. The lowest BCUT2D eigenvalue weighted by atomic mass is 10.1. The molecule has 1 aromatic carbocycles. The predicted molar refractivity (Wildman–Crippen MR) is 84.7 cm³/mol. The Morgan fingerprint density at radius 3 is 3.00 bits per heavy atom. The second-order valence-electron chi connectivity index (χ2n) is 5.34. The fourth-order valence-electron chi connectivity index (χ4n) is 2.76. The van der Waals surface area contributed by atoms with Crippen LogP contribution in [0.1, 0.15) is 34.5 Å². The molecule has 1 fully saturated rings. The van der Waals surface area contributed by atoms with E-state index in [-0.39, 0.29) is 11.8 Å². The summed E-state index contributed by atoms with van der Waals surface area (Å²) in [4.78, 5) is 25.5. The lowest BCUT2D eigenvalue weighted by Crippen LogP contribution is -2.45. The number of rotatable bonds is 2. The van der Waals surface area contributed by atoms with Crippen LogP contribution in [-0.2, 0) is 4.79 Å². The molecule has 0 aliphatic carbocycles. The van der Waals surface area contributed by atoms with Crippen molar-refractivity contribution in [1.29, 1.82) is 0 Å². The summed E-state index contributed by atoms with van der Waals surface area (Å²) in [5.74, 6) is -0.218. The molecular weight excluding hydrogens is 284 g/mol. The first-order chi connectivity index (χ1) is 10.2. The molecule has 2 aromatic rings. The Labute approximate surface area is 127 Å². The van der Waals surface area contributed by atoms with Crippen LogP contribution < -0.4 is 10.6 Å². The third-order valence-corrected chi connectivity index (χ3v) is 4.93. The monoisotopic (exact) mass is 302 g/mol. The minimum Gasteiger partial charge on any atom is -0.354 e. The molecule has 0 radical (unpaired) electrons. The van der Waals surface area contributed by atoms with Crippen molar-refractivity contribution in [2.24, 2.45) is 0 Å². The molecule has 2 amide bonds. The summed E-state index contributed by atoms with van der Waals surface area (Å²) in [6.07, 6.45) is 2.63. The first-order valence-corrected chi connectivity index (χ1v) is 8.05. The van der Waals surface area contributed by atoms with E-state index in [2.05, 4.69) is 10.6 Å². The lowest BCUT2D eigenvalue weighted by Gasteiger charge is -2.15. The van der Waals surface area contributed by atoms with Crippen molar-refractivity contribution in [1.82, 2.24) is 10.6 Å². The van der Waals surface area contributed by atoms with Crippen LogP contribution in [0.4, 0.5) is 0 Å². The third kappa shape index (κ3) is 2.78. The van der Waals surface area contributed by atoms with Gasteiger partial charge in [0.15, 0.2) is 0 Å². The van der Waals surface area contributed by atoms with Gasteiger partial charge in [0.2, 0.25) is 5.91 Å². The van der Waals surface area contributed by atoms with Gasteiger partial charge in [-0.1, -0.05) is 18.2 Å². The van der Waals surface area contributed by atoms with Gasteiger partial charge in [-0.2, -0.15) is 0 Å². The molecule has 4 nitrogen and oxygen atoms in total. The van der Waals surface area contributed by atoms with E-state index in [1.54, 1.807) is 11.3 Å². The number of nitrogens with one attached hydrogen (secondary N) is 2. The van der Waals surface area contributed by atoms with Crippen LogP contribution in [-0.4, -0.2) is 24.4 Å². The van der Waals surface area contributed by atoms with E-state index in [1.165, 1.54) is 0 Å². The molecular formula is C16H18N2O2S. The zero-order chi connectivity index (χ0) is 14.8. The van der Waals surface area contributed by atoms with Crippen molar-refractivity contribution in [2.45, 2.75) is 32.2 Å². The van der Waals surface area contributed by atoms with Crippen LogP contribution in [0.5, 0.6) is 0 Å². The number of amides is 2. The van der Waals surface area contributed by atoms with Gasteiger partial charge in [-0.25, -0.2) is 0 Å². The average Bonchev–Trinajstić information content (AvgIpc) is 2.67. The van der Waals surface area contributed by atoms with Gasteiger partial charge in [0.05, 0.1) is 5.56 Å². The molecule has 0 bridgehead atoms. The number of benzene rings is 1. The second kappa shape index (κ2) is 5.85. The van der Waals surface area contributed by atoms with Crippen molar-refractivity contribution < 1.29 is 9.59 Å². The normalized spacial score (nSPS) is 19.1. The molecule has 0 spiro atoms. The first kappa shape index (κ1) is 14.1. The highest BCUT2D eigenvalue weighted by Gasteiger charge is 2.25. The summed E-state index contributed by atoms with van der Waals surface area (Å²) < 4.78 is 1.10. The SMILES string of the molecule is Cc1sc2ccccc2c1C(=O)NC1CCCCNC1=O. The topological polar surface area (TPSA) is 58.2 Å². The zero-order valence-corrected chi connectivity index (χ0v) is 12.8. The Morgan fingerprint density at radius 2 is 2.14 bits per heavy atom. The van der Waals surface area contributed by atoms with Crippen LogP contribution >= 0.6 is 11.3 Å². The Kier molecular flexibility index (Phi) is 3.92. The van der Waals surface area contributed by atoms with Gasteiger partial charge in [0.25, 0.3) is 5.91 Å². The minimum absolute atomic E-state index is 0.0713. The summed E-state index contributed by atoms with van der Waals surface area (Å²) in [5, 5.41) is 6.71. The molecule has 1 aromatic heterocycles. The van der Waals surface area contributed by atoms with E-state index in [0.717, 1.165) is 27.8 Å². The highest BCUT2D eigenvalue weighted by molar-refractivity contribution is 7.19. The van der Waals surface area contributed by atoms with E-state index in [9.17, 15) is 9.59 Å². The van der Waals surface area contributed by atoms with E-state index < -0.39 is 6.04 Å². The van der Waals surface area contributed by atoms with Gasteiger partial charge < -0.3 is 10.6 Å². The standard InChI is InChI=1S/C16H18N2O2S/c1-10-14(11-6-2-3-8-13(11)21-10)16(20)18-12-7-4-5-9-17-15(12)19/h2-3,6,8,12H,4-5,7,9H2,1H3,(H,17,19)(H,18,20). The van der Waals surface area contributed by atoms with Gasteiger partial charge in [0.1, 0.15) is 6.04 Å². The Morgan fingerprint density at radius 1 is 1.33 bits per heavy atom. The quantitative estimate of drug-likeness (QED) is 0.896. The highest BCUT2D eigenvalue weighted by Crippen LogP contribution is 2.30. The van der Waals surface area contributed by atoms with Crippen LogP contribution in [0.15, 0.2) is 24.3 Å². The minimum atomic E-state index is -0.418. The van der Waals surface area contributed by atoms with Crippen LogP contribution in [0.2, 0.25) is 0 Å². The lowest BCUT2D eigenvalue weighted by molar-refractivity contribution is -0.122. The molecule has 1 saturated heterocycles. The molecule has 1 atom stereocenters. The van der Waals surface area contributed by atoms with E-state index in [4.69, 9.17) is 0 Å². The molecule has 2 heterocycles. The van der Waals surface area contributed by atoms with E-state index in [1.807, 2.05) is 31.2 Å². The van der Waals surface area contributed by atoms with Crippen molar-refractivity contribution in [3.63, 3.8) is 0 Å². The number of fused-ring (bicyclic) bond motifs is 1. The maximum atomic E-state index is 12.6. The number of hydrogen-bond donors (Lipinski definition) is 2. The summed E-state index contributed by atoms with van der Waals surface area (Å²) in [5.41, 5.74) is 0.702. The van der Waals surface area contributed by atoms with Crippen molar-refractivity contribution in [3.05, 3.63) is 34.7 Å². The fraction of sp³-hybridized carbons (Fsp3) is 0.375. The molecule has 2 N–H and O–H groups in total. The molecule has 3 rings (SSSR count). The largest absolute Gasteiger partial charge is 0.354 e. The number of carbonyl (C=O) groups is 2. The van der Waals surface area contributed by atoms with Gasteiger partial charge in [-0.15, -0.1) is 11.3 Å². The number of carbonyl (C=O) groups excluding carboxylic acids is 2. The van der Waals surface area contributed by atoms with Gasteiger partial charge in [-0.3, -0.25) is 9.59 Å². The maximum absolute atomic E-state index is 12.6.